The smallest absolute Gasteiger partial charge is 0.356 e. The molecule has 376 valence electrons. The molecule has 0 bridgehead atoms. The van der Waals surface area contributed by atoms with Gasteiger partial charge in [0.1, 0.15) is 62.1 Å². The van der Waals surface area contributed by atoms with Crippen molar-refractivity contribution in [2.75, 3.05) is 49.5 Å². The van der Waals surface area contributed by atoms with Crippen LogP contribution in [-0.2, 0) is 4.74 Å². The van der Waals surface area contributed by atoms with E-state index in [2.05, 4.69) is 20.9 Å². The number of nitrogens with zero attached hydrogens (tertiary/aromatic N) is 4. The molecule has 0 atom stereocenters. The second-order valence-corrected chi connectivity index (χ2v) is 19.3. The van der Waals surface area contributed by atoms with Crippen LogP contribution in [0.5, 0.6) is 23.0 Å². The van der Waals surface area contributed by atoms with Gasteiger partial charge in [0.25, 0.3) is 17.7 Å². The summed E-state index contributed by atoms with van der Waals surface area (Å²) in [5.41, 5.74) is 2.41. The summed E-state index contributed by atoms with van der Waals surface area (Å²) in [4.78, 5) is 74.9. The maximum atomic E-state index is 14.5. The molecule has 0 radical (unpaired) electrons. The average Bonchev–Trinajstić information content (AvgIpc) is 3.37. The van der Waals surface area contributed by atoms with E-state index >= 15 is 0 Å². The van der Waals surface area contributed by atoms with Crippen LogP contribution in [0.2, 0.25) is 0 Å². The second kappa shape index (κ2) is 22.4. The summed E-state index contributed by atoms with van der Waals surface area (Å²) in [6.45, 7) is 17.5. The fourth-order valence-electron chi connectivity index (χ4n) is 7.68. The molecule has 0 fully saturated rings. The van der Waals surface area contributed by atoms with E-state index in [1.807, 2.05) is 97.9 Å². The maximum absolute atomic E-state index is 14.5. The third-order valence-electron chi connectivity index (χ3n) is 11.2. The molecule has 4 heterocycles. The first-order valence-corrected chi connectivity index (χ1v) is 24.3. The number of carbonyl (C=O) groups excluding carboxylic acids is 4. The lowest BCUT2D eigenvalue weighted by atomic mass is 10.1. The first kappa shape index (κ1) is 51.0. The zero-order chi connectivity index (χ0) is 51.9. The van der Waals surface area contributed by atoms with E-state index in [-0.39, 0.29) is 57.8 Å². The van der Waals surface area contributed by atoms with E-state index in [4.69, 9.17) is 38.6 Å². The molecule has 0 aliphatic rings. The zero-order valence-corrected chi connectivity index (χ0v) is 42.4. The Morgan fingerprint density at radius 3 is 1.04 bits per heavy atom. The number of pyridine rings is 4. The SMILES string of the molecule is COC(=O)c1cc(OCC(C)C)c2ccc3c(OCC(C)C)cc(C(=O)Nc4ccccc4NC(=O)c4cc(OCC(C)C)c5ccc6c(OCC(C)C)cc(C(=O)Nc7ccccc7)nc6c5n4)nc3c2n1. The highest BCUT2D eigenvalue weighted by atomic mass is 16.5. The van der Waals surface area contributed by atoms with Crippen LogP contribution < -0.4 is 34.9 Å². The molecule has 0 saturated carbocycles. The minimum Gasteiger partial charge on any atom is -0.493 e. The van der Waals surface area contributed by atoms with Crippen LogP contribution in [0.25, 0.3) is 43.6 Å². The summed E-state index contributed by atoms with van der Waals surface area (Å²) in [6, 6.07) is 29.4. The molecular formula is C57H59N7O9. The molecule has 4 aromatic carbocycles. The molecule has 0 aliphatic carbocycles. The third-order valence-corrected chi connectivity index (χ3v) is 11.2. The zero-order valence-electron chi connectivity index (χ0n) is 42.4. The molecule has 8 rings (SSSR count). The number of amides is 3. The van der Waals surface area contributed by atoms with E-state index in [1.165, 1.54) is 13.2 Å². The fraction of sp³-hybridized carbons (Fsp3) is 0.298. The minimum absolute atomic E-state index is 0.00702. The molecule has 3 amide bonds. The molecular weight excluding hydrogens is 927 g/mol. The fourth-order valence-corrected chi connectivity index (χ4v) is 7.68. The number of hydrogen-bond donors (Lipinski definition) is 3. The van der Waals surface area contributed by atoms with Gasteiger partial charge >= 0.3 is 5.97 Å². The lowest BCUT2D eigenvalue weighted by Crippen LogP contribution is -2.19. The molecule has 16 heteroatoms. The van der Waals surface area contributed by atoms with Crippen molar-refractivity contribution in [3.63, 3.8) is 0 Å². The van der Waals surface area contributed by atoms with Crippen molar-refractivity contribution >= 4 is 84.4 Å². The summed E-state index contributed by atoms with van der Waals surface area (Å²) < 4.78 is 30.1. The number of benzene rings is 4. The third kappa shape index (κ3) is 11.9. The molecule has 4 aromatic heterocycles. The number of aromatic nitrogens is 4. The van der Waals surface area contributed by atoms with Crippen LogP contribution in [0, 0.1) is 23.7 Å². The van der Waals surface area contributed by atoms with Gasteiger partial charge in [-0.05, 0) is 72.2 Å². The van der Waals surface area contributed by atoms with Crippen LogP contribution in [0.4, 0.5) is 17.1 Å². The van der Waals surface area contributed by atoms with E-state index in [0.717, 1.165) is 0 Å². The van der Waals surface area contributed by atoms with Gasteiger partial charge in [-0.1, -0.05) is 85.7 Å². The van der Waals surface area contributed by atoms with Crippen molar-refractivity contribution < 1.29 is 42.9 Å². The standard InChI is InChI=1S/C57H59N7O9/c1-31(2)27-70-46-23-42(54(65)58-35-15-11-10-12-16-35)59-50-36(46)19-20-37-47(71-28-32(3)4)24-43(60-51(37)50)55(66)63-40-17-13-14-18-41(40)64-56(67)44-25-48(72-29-33(5)6)38-21-22-39-49(73-30-34(7)8)26-45(57(68)69-9)62-53(39)52(38)61-44/h10-26,31-34H,27-30H2,1-9H3,(H,58,65)(H,63,66)(H,64,67). The van der Waals surface area contributed by atoms with Gasteiger partial charge in [-0.15, -0.1) is 0 Å². The van der Waals surface area contributed by atoms with Gasteiger partial charge in [-0.3, -0.25) is 14.4 Å². The Balaban J connectivity index is 1.18. The minimum atomic E-state index is -0.668. The Bertz CT molecular complexity index is 3380. The lowest BCUT2D eigenvalue weighted by Gasteiger charge is -2.17. The molecule has 73 heavy (non-hydrogen) atoms. The number of anilines is 3. The predicted octanol–water partition coefficient (Wildman–Crippen LogP) is 11.6. The summed E-state index contributed by atoms with van der Waals surface area (Å²) >= 11 is 0. The van der Waals surface area contributed by atoms with Gasteiger partial charge in [0.2, 0.25) is 0 Å². The number of nitrogens with one attached hydrogen (secondary N) is 3. The number of hydrogen-bond acceptors (Lipinski definition) is 13. The number of fused-ring (bicyclic) bond motifs is 6. The highest BCUT2D eigenvalue weighted by Gasteiger charge is 2.24. The highest BCUT2D eigenvalue weighted by Crippen LogP contribution is 2.38. The Kier molecular flexibility index (Phi) is 15.6. The number of para-hydroxylation sites is 3. The number of methoxy groups -OCH3 is 1. The van der Waals surface area contributed by atoms with Crippen LogP contribution in [0.3, 0.4) is 0 Å². The molecule has 0 aliphatic heterocycles. The van der Waals surface area contributed by atoms with Crippen LogP contribution in [-0.4, -0.2) is 77.2 Å². The van der Waals surface area contributed by atoms with Crippen molar-refractivity contribution in [3.05, 3.63) is 126 Å². The van der Waals surface area contributed by atoms with Gasteiger partial charge in [0, 0.05) is 51.5 Å². The van der Waals surface area contributed by atoms with E-state index < -0.39 is 23.7 Å². The normalized spacial score (nSPS) is 11.5. The largest absolute Gasteiger partial charge is 0.493 e. The average molecular weight is 986 g/mol. The molecule has 3 N–H and O–H groups in total. The summed E-state index contributed by atoms with van der Waals surface area (Å²) in [7, 11) is 1.27. The van der Waals surface area contributed by atoms with Crippen molar-refractivity contribution in [3.8, 4) is 23.0 Å². The highest BCUT2D eigenvalue weighted by molar-refractivity contribution is 6.15. The van der Waals surface area contributed by atoms with Crippen LogP contribution >= 0.6 is 0 Å². The molecule has 0 saturated heterocycles. The van der Waals surface area contributed by atoms with Gasteiger partial charge in [0.05, 0.1) is 44.9 Å². The second-order valence-electron chi connectivity index (χ2n) is 19.3. The Labute approximate surface area is 423 Å². The first-order valence-electron chi connectivity index (χ1n) is 24.3. The molecule has 0 spiro atoms. The summed E-state index contributed by atoms with van der Waals surface area (Å²) in [6.07, 6.45) is 0. The quantitative estimate of drug-likeness (QED) is 0.0511. The Morgan fingerprint density at radius 1 is 0.411 bits per heavy atom. The number of ether oxygens (including phenoxy) is 5. The van der Waals surface area contributed by atoms with E-state index in [9.17, 15) is 19.2 Å². The van der Waals surface area contributed by atoms with E-state index in [0.29, 0.717) is 98.7 Å². The van der Waals surface area contributed by atoms with Gasteiger partial charge in [-0.2, -0.15) is 0 Å². The van der Waals surface area contributed by atoms with Gasteiger partial charge in [-0.25, -0.2) is 24.7 Å². The summed E-state index contributed by atoms with van der Waals surface area (Å²) in [5, 5.41) is 11.1. The molecule has 16 nitrogen and oxygen atoms in total. The Morgan fingerprint density at radius 2 is 0.712 bits per heavy atom. The van der Waals surface area contributed by atoms with Gasteiger partial charge < -0.3 is 39.6 Å². The van der Waals surface area contributed by atoms with Crippen molar-refractivity contribution in [2.24, 2.45) is 23.7 Å². The Hall–Kier alpha value is -8.40. The van der Waals surface area contributed by atoms with Crippen molar-refractivity contribution in [2.45, 2.75) is 55.4 Å². The van der Waals surface area contributed by atoms with Gasteiger partial charge in [0.15, 0.2) is 5.69 Å². The number of rotatable bonds is 19. The number of carbonyl (C=O) groups is 4. The summed E-state index contributed by atoms with van der Waals surface area (Å²) in [5.74, 6) is -0.115. The number of esters is 1. The molecule has 8 aromatic rings. The topological polar surface area (TPSA) is 202 Å². The monoisotopic (exact) mass is 985 g/mol. The predicted molar refractivity (Wildman–Crippen MR) is 284 cm³/mol. The van der Waals surface area contributed by atoms with Crippen molar-refractivity contribution in [1.82, 2.24) is 19.9 Å². The van der Waals surface area contributed by atoms with Crippen molar-refractivity contribution in [1.29, 1.82) is 0 Å². The lowest BCUT2D eigenvalue weighted by molar-refractivity contribution is 0.0593. The van der Waals surface area contributed by atoms with E-state index in [1.54, 1.807) is 54.6 Å². The molecule has 0 unspecified atom stereocenters. The van der Waals surface area contributed by atoms with Crippen LogP contribution in [0.1, 0.15) is 97.3 Å². The van der Waals surface area contributed by atoms with Crippen LogP contribution in [0.15, 0.2) is 103 Å². The first-order chi connectivity index (χ1) is 35.1. The maximum Gasteiger partial charge on any atom is 0.356 e.